The highest BCUT2D eigenvalue weighted by Gasteiger charge is 2.32. The van der Waals surface area contributed by atoms with E-state index in [4.69, 9.17) is 0 Å². The lowest BCUT2D eigenvalue weighted by Crippen LogP contribution is -2.28. The number of hydrogen-bond donors (Lipinski definition) is 1. The van der Waals surface area contributed by atoms with Crippen molar-refractivity contribution in [3.63, 3.8) is 0 Å². The van der Waals surface area contributed by atoms with E-state index in [9.17, 15) is 4.79 Å². The summed E-state index contributed by atoms with van der Waals surface area (Å²) < 4.78 is 0. The molecule has 23 heavy (non-hydrogen) atoms. The number of thiazole rings is 1. The first-order valence-corrected chi connectivity index (χ1v) is 9.64. The third-order valence-electron chi connectivity index (χ3n) is 3.36. The van der Waals surface area contributed by atoms with Crippen LogP contribution >= 0.6 is 11.3 Å². The molecule has 4 heteroatoms. The number of ketones is 1. The van der Waals surface area contributed by atoms with E-state index >= 15 is 0 Å². The molecule has 0 spiro atoms. The van der Waals surface area contributed by atoms with Crippen molar-refractivity contribution in [1.82, 2.24) is 4.98 Å². The number of aryl methyl sites for hydroxylation is 1. The lowest BCUT2D eigenvalue weighted by Gasteiger charge is -2.32. The quantitative estimate of drug-likeness (QED) is 0.697. The first-order chi connectivity index (χ1) is 10.8. The molecule has 0 amide bonds. The fourth-order valence-corrected chi connectivity index (χ4v) is 2.99. The summed E-state index contributed by atoms with van der Waals surface area (Å²) in [6.07, 6.45) is 3.61. The van der Waals surface area contributed by atoms with Crippen LogP contribution < -0.4 is 5.32 Å². The summed E-state index contributed by atoms with van der Waals surface area (Å²) in [5.41, 5.74) is 3.89. The first-order valence-electron chi connectivity index (χ1n) is 8.76. The number of hydrogen-bond acceptors (Lipinski definition) is 4. The van der Waals surface area contributed by atoms with Gasteiger partial charge in [-0.25, -0.2) is 4.98 Å². The molecule has 0 atom stereocenters. The molecule has 1 aliphatic rings. The number of anilines is 1. The van der Waals surface area contributed by atoms with Crippen LogP contribution in [0.15, 0.2) is 16.8 Å². The van der Waals surface area contributed by atoms with Gasteiger partial charge in [-0.15, -0.1) is 11.3 Å². The Bertz CT molecular complexity index is 515. The van der Waals surface area contributed by atoms with Crippen LogP contribution in [0.4, 0.5) is 5.82 Å². The zero-order chi connectivity index (χ0) is 18.0. The third-order valence-corrected chi connectivity index (χ3v) is 4.12. The van der Waals surface area contributed by atoms with E-state index in [0.29, 0.717) is 6.42 Å². The number of Topliss-reactive ketones (excluding diaryl/α,β-unsaturated/α-hetero) is 1. The second kappa shape index (κ2) is 10.6. The average Bonchev–Trinajstić information content (AvgIpc) is 2.86. The highest BCUT2D eigenvalue weighted by molar-refractivity contribution is 7.10. The Morgan fingerprint density at radius 2 is 1.78 bits per heavy atom. The van der Waals surface area contributed by atoms with Crippen molar-refractivity contribution < 1.29 is 4.79 Å². The summed E-state index contributed by atoms with van der Waals surface area (Å²) >= 11 is 1.62. The molecular weight excluding hydrogens is 304 g/mol. The summed E-state index contributed by atoms with van der Waals surface area (Å²) in [4.78, 5) is 17.6. The van der Waals surface area contributed by atoms with E-state index in [1.165, 1.54) is 6.42 Å². The monoisotopic (exact) mass is 338 g/mol. The molecule has 1 N–H and O–H groups in total. The second-order valence-electron chi connectivity index (χ2n) is 6.34. The Kier molecular flexibility index (Phi) is 10.1. The molecule has 1 aromatic rings. The van der Waals surface area contributed by atoms with E-state index in [-0.39, 0.29) is 11.2 Å². The van der Waals surface area contributed by atoms with E-state index < -0.39 is 0 Å². The van der Waals surface area contributed by atoms with Crippen LogP contribution in [0.1, 0.15) is 79.0 Å². The molecule has 0 aromatic carbocycles. The summed E-state index contributed by atoms with van der Waals surface area (Å²) in [7, 11) is 0. The Balaban J connectivity index is 0.000000868. The number of rotatable bonds is 3. The van der Waals surface area contributed by atoms with Crippen LogP contribution in [0, 0.1) is 12.3 Å². The average molecular weight is 339 g/mol. The molecule has 2 rings (SSSR count). The maximum atomic E-state index is 12.1. The van der Waals surface area contributed by atoms with Crippen molar-refractivity contribution in [2.45, 2.75) is 81.1 Å². The number of aromatic nitrogens is 1. The lowest BCUT2D eigenvalue weighted by molar-refractivity contribution is -0.118. The second-order valence-corrected chi connectivity index (χ2v) is 7.40. The molecule has 0 bridgehead atoms. The van der Waals surface area contributed by atoms with Gasteiger partial charge in [0.2, 0.25) is 0 Å². The molecule has 0 saturated carbocycles. The van der Waals surface area contributed by atoms with Gasteiger partial charge in [-0.1, -0.05) is 54.9 Å². The molecule has 0 aliphatic heterocycles. The number of carbonyl (C=O) groups excluding carboxylic acids is 1. The van der Waals surface area contributed by atoms with E-state index in [0.717, 1.165) is 34.8 Å². The van der Waals surface area contributed by atoms with E-state index in [2.05, 4.69) is 38.0 Å². The third kappa shape index (κ3) is 6.86. The smallest absolute Gasteiger partial charge is 0.161 e. The van der Waals surface area contributed by atoms with Crippen LogP contribution in [0.2, 0.25) is 0 Å². The van der Waals surface area contributed by atoms with Crippen molar-refractivity contribution in [2.75, 3.05) is 5.32 Å². The van der Waals surface area contributed by atoms with Crippen LogP contribution in [0.25, 0.3) is 0 Å². The Labute approximate surface area is 146 Å². The predicted molar refractivity (Wildman–Crippen MR) is 103 cm³/mol. The fourth-order valence-electron chi connectivity index (χ4n) is 2.46. The van der Waals surface area contributed by atoms with Gasteiger partial charge in [0.1, 0.15) is 5.82 Å². The summed E-state index contributed by atoms with van der Waals surface area (Å²) in [5.74, 6) is 1.18. The fraction of sp³-hybridized carbons (Fsp3) is 0.684. The van der Waals surface area contributed by atoms with Crippen molar-refractivity contribution in [2.24, 2.45) is 5.41 Å². The van der Waals surface area contributed by atoms with Gasteiger partial charge in [0.05, 0.1) is 5.51 Å². The largest absolute Gasteiger partial charge is 0.342 e. The van der Waals surface area contributed by atoms with Crippen molar-refractivity contribution in [3.8, 4) is 0 Å². The van der Waals surface area contributed by atoms with Crippen LogP contribution in [-0.2, 0) is 4.79 Å². The molecule has 0 fully saturated rings. The number of carbonyl (C=O) groups is 1. The molecule has 1 aliphatic carbocycles. The minimum Gasteiger partial charge on any atom is -0.342 e. The van der Waals surface area contributed by atoms with Crippen molar-refractivity contribution >= 4 is 22.9 Å². The number of nitrogens with zero attached hydrogens (tertiary/aromatic N) is 1. The van der Waals surface area contributed by atoms with Gasteiger partial charge in [-0.05, 0) is 25.2 Å². The van der Waals surface area contributed by atoms with Crippen LogP contribution in [-0.4, -0.2) is 10.8 Å². The van der Waals surface area contributed by atoms with Gasteiger partial charge in [0.25, 0.3) is 0 Å². The van der Waals surface area contributed by atoms with Crippen LogP contribution in [0.5, 0.6) is 0 Å². The summed E-state index contributed by atoms with van der Waals surface area (Å²) in [6, 6.07) is 0. The Hall–Kier alpha value is -1.16. The molecular formula is C19H34N2OS. The number of nitrogens with one attached hydrogen (secondary N) is 1. The van der Waals surface area contributed by atoms with Gasteiger partial charge in [-0.2, -0.15) is 0 Å². The molecule has 0 saturated heterocycles. The topological polar surface area (TPSA) is 42.0 Å². The van der Waals surface area contributed by atoms with E-state index in [1.807, 2.05) is 33.2 Å². The standard InChI is InChI=1S/C14H20N2OS.C3H8.C2H6/c1-5-10-11(6-14(3,4)7-12(10)17)16-13-9(2)18-8-15-13;1-3-2;1-2/h8,16H,5-7H2,1-4H3;3H2,1-2H3;1-2H3. The lowest BCUT2D eigenvalue weighted by atomic mass is 9.75. The van der Waals surface area contributed by atoms with Crippen LogP contribution in [0.3, 0.4) is 0 Å². The van der Waals surface area contributed by atoms with E-state index in [1.54, 1.807) is 11.3 Å². The SMILES string of the molecule is CC.CCC.CCC1=C(Nc2ncsc2C)CC(C)(C)CC1=O. The maximum Gasteiger partial charge on any atom is 0.161 e. The molecule has 132 valence electrons. The summed E-state index contributed by atoms with van der Waals surface area (Å²) in [5, 5.41) is 3.37. The van der Waals surface area contributed by atoms with Crippen molar-refractivity contribution in [1.29, 1.82) is 0 Å². The molecule has 0 unspecified atom stereocenters. The summed E-state index contributed by atoms with van der Waals surface area (Å²) in [6.45, 7) is 16.6. The maximum absolute atomic E-state index is 12.1. The number of allylic oxidation sites excluding steroid dienone is 2. The Morgan fingerprint density at radius 1 is 1.22 bits per heavy atom. The van der Waals surface area contributed by atoms with Gasteiger partial charge >= 0.3 is 0 Å². The normalized spacial score (nSPS) is 16.1. The minimum absolute atomic E-state index is 0.0437. The Morgan fingerprint density at radius 3 is 2.22 bits per heavy atom. The minimum atomic E-state index is 0.0437. The predicted octanol–water partition coefficient (Wildman–Crippen LogP) is 6.36. The molecule has 1 aromatic heterocycles. The van der Waals surface area contributed by atoms with Crippen molar-refractivity contribution in [3.05, 3.63) is 21.7 Å². The first kappa shape index (κ1) is 21.8. The van der Waals surface area contributed by atoms with Gasteiger partial charge < -0.3 is 5.32 Å². The van der Waals surface area contributed by atoms with Gasteiger partial charge in [0, 0.05) is 22.6 Å². The van der Waals surface area contributed by atoms with Gasteiger partial charge in [-0.3, -0.25) is 4.79 Å². The molecule has 1 heterocycles. The zero-order valence-corrected chi connectivity index (χ0v) is 17.0. The molecule has 0 radical (unpaired) electrons. The zero-order valence-electron chi connectivity index (χ0n) is 16.2. The highest BCUT2D eigenvalue weighted by atomic mass is 32.1. The highest BCUT2D eigenvalue weighted by Crippen LogP contribution is 2.38. The van der Waals surface area contributed by atoms with Gasteiger partial charge in [0.15, 0.2) is 5.78 Å². The molecule has 3 nitrogen and oxygen atoms in total.